The van der Waals surface area contributed by atoms with E-state index in [0.717, 1.165) is 11.1 Å². The van der Waals surface area contributed by atoms with E-state index in [4.69, 9.17) is 9.47 Å². The molecule has 1 aliphatic rings. The summed E-state index contributed by atoms with van der Waals surface area (Å²) in [5.74, 6) is 0.241. The largest absolute Gasteiger partial charge is 0.487 e. The molecular weight excluding hydrogens is 376 g/mol. The highest BCUT2D eigenvalue weighted by atomic mass is 32.1. The first-order valence-electron chi connectivity index (χ1n) is 9.24. The van der Waals surface area contributed by atoms with E-state index in [-0.39, 0.29) is 19.2 Å². The average molecular weight is 401 g/mol. The Hall–Kier alpha value is -2.80. The lowest BCUT2D eigenvalue weighted by molar-refractivity contribution is -0.139. The van der Waals surface area contributed by atoms with Gasteiger partial charge in [-0.25, -0.2) is 9.59 Å². The van der Waals surface area contributed by atoms with Gasteiger partial charge in [0.1, 0.15) is 12.4 Å². The number of rotatable bonds is 7. The third-order valence-electron chi connectivity index (χ3n) is 4.49. The topological polar surface area (TPSA) is 67.9 Å². The fraction of sp³-hybridized carbons (Fsp3) is 0.333. The van der Waals surface area contributed by atoms with Crippen LogP contribution >= 0.6 is 11.3 Å². The number of amides is 2. The standard InChI is InChI=1S/C21H24N2O4S/c1-4-23-17(12-27-16-8-6-7-14(3)11-16)18(20(24)26-5-2)19(22-21(23)25)15-9-10-28-13-15/h6-11,13,19H,4-5,12H2,1-3H3,(H,22,25)/t19-/m1/s1. The minimum absolute atomic E-state index is 0.0967. The lowest BCUT2D eigenvalue weighted by atomic mass is 9.96. The summed E-state index contributed by atoms with van der Waals surface area (Å²) in [4.78, 5) is 27.1. The molecule has 1 aromatic carbocycles. The fourth-order valence-corrected chi connectivity index (χ4v) is 3.87. The molecule has 3 rings (SSSR count). The fourth-order valence-electron chi connectivity index (χ4n) is 3.19. The maximum atomic E-state index is 12.8. The van der Waals surface area contributed by atoms with Gasteiger partial charge in [-0.05, 0) is 60.9 Å². The number of hydrogen-bond donors (Lipinski definition) is 1. The molecule has 0 fully saturated rings. The summed E-state index contributed by atoms with van der Waals surface area (Å²) in [7, 11) is 0. The van der Waals surface area contributed by atoms with Gasteiger partial charge in [0.25, 0.3) is 0 Å². The van der Waals surface area contributed by atoms with Gasteiger partial charge >= 0.3 is 12.0 Å². The van der Waals surface area contributed by atoms with Gasteiger partial charge in [0.2, 0.25) is 0 Å². The van der Waals surface area contributed by atoms with Gasteiger partial charge in [-0.1, -0.05) is 12.1 Å². The van der Waals surface area contributed by atoms with E-state index in [2.05, 4.69) is 5.32 Å². The first kappa shape index (κ1) is 19.9. The number of likely N-dealkylation sites (N-methyl/N-ethyl adjacent to an activating group) is 1. The van der Waals surface area contributed by atoms with Gasteiger partial charge in [-0.2, -0.15) is 11.3 Å². The smallest absolute Gasteiger partial charge is 0.338 e. The number of hydrogen-bond acceptors (Lipinski definition) is 5. The highest BCUT2D eigenvalue weighted by Crippen LogP contribution is 2.33. The molecule has 2 aromatic rings. The number of nitrogens with zero attached hydrogens (tertiary/aromatic N) is 1. The predicted molar refractivity (Wildman–Crippen MR) is 108 cm³/mol. The monoisotopic (exact) mass is 400 g/mol. The van der Waals surface area contributed by atoms with Crippen LogP contribution in [0.1, 0.15) is 31.0 Å². The second-order valence-electron chi connectivity index (χ2n) is 6.37. The Balaban J connectivity index is 2.02. The molecule has 0 saturated carbocycles. The number of carbonyl (C=O) groups is 2. The molecule has 0 saturated heterocycles. The van der Waals surface area contributed by atoms with E-state index in [0.29, 0.717) is 23.6 Å². The highest BCUT2D eigenvalue weighted by Gasteiger charge is 2.38. The summed E-state index contributed by atoms with van der Waals surface area (Å²) < 4.78 is 11.3. The van der Waals surface area contributed by atoms with Crippen molar-refractivity contribution in [3.8, 4) is 5.75 Å². The summed E-state index contributed by atoms with van der Waals surface area (Å²) in [6, 6.07) is 8.74. The van der Waals surface area contributed by atoms with Crippen LogP contribution in [-0.2, 0) is 9.53 Å². The zero-order valence-electron chi connectivity index (χ0n) is 16.2. The van der Waals surface area contributed by atoms with Crippen LogP contribution in [-0.4, -0.2) is 36.7 Å². The number of thiophene rings is 1. The molecule has 0 aliphatic carbocycles. The van der Waals surface area contributed by atoms with Gasteiger partial charge in [-0.3, -0.25) is 4.90 Å². The molecule has 1 aromatic heterocycles. The molecule has 1 aliphatic heterocycles. The minimum atomic E-state index is -0.559. The van der Waals surface area contributed by atoms with Crippen LogP contribution in [0.25, 0.3) is 0 Å². The molecule has 2 heterocycles. The SMILES string of the molecule is CCOC(=O)C1=C(COc2cccc(C)c2)N(CC)C(=O)N[C@@H]1c1ccsc1. The highest BCUT2D eigenvalue weighted by molar-refractivity contribution is 7.08. The minimum Gasteiger partial charge on any atom is -0.487 e. The molecule has 1 atom stereocenters. The van der Waals surface area contributed by atoms with Crippen molar-refractivity contribution in [2.24, 2.45) is 0 Å². The third kappa shape index (κ3) is 4.20. The van der Waals surface area contributed by atoms with Crippen LogP contribution < -0.4 is 10.1 Å². The van der Waals surface area contributed by atoms with Crippen molar-refractivity contribution in [3.05, 3.63) is 63.5 Å². The Morgan fingerprint density at radius 2 is 2.11 bits per heavy atom. The Labute approximate surface area is 168 Å². The Morgan fingerprint density at radius 3 is 2.75 bits per heavy atom. The van der Waals surface area contributed by atoms with Crippen molar-refractivity contribution < 1.29 is 19.1 Å². The summed E-state index contributed by atoms with van der Waals surface area (Å²) in [5, 5.41) is 6.76. The summed E-state index contributed by atoms with van der Waals surface area (Å²) >= 11 is 1.51. The van der Waals surface area contributed by atoms with Gasteiger partial charge in [0.05, 0.1) is 23.9 Å². The van der Waals surface area contributed by atoms with Gasteiger partial charge in [0.15, 0.2) is 0 Å². The van der Waals surface area contributed by atoms with Crippen molar-refractivity contribution in [1.82, 2.24) is 10.2 Å². The molecule has 7 heteroatoms. The third-order valence-corrected chi connectivity index (χ3v) is 5.19. The number of urea groups is 1. The van der Waals surface area contributed by atoms with Crippen molar-refractivity contribution in [2.45, 2.75) is 26.8 Å². The maximum Gasteiger partial charge on any atom is 0.338 e. The van der Waals surface area contributed by atoms with Gasteiger partial charge in [-0.15, -0.1) is 0 Å². The zero-order valence-corrected chi connectivity index (χ0v) is 17.0. The van der Waals surface area contributed by atoms with E-state index < -0.39 is 12.0 Å². The quantitative estimate of drug-likeness (QED) is 0.713. The molecule has 0 bridgehead atoms. The maximum absolute atomic E-state index is 12.8. The average Bonchev–Trinajstić information content (AvgIpc) is 3.20. The number of esters is 1. The number of nitrogens with one attached hydrogen (secondary N) is 1. The number of benzene rings is 1. The van der Waals surface area contributed by atoms with Gasteiger partial charge in [0, 0.05) is 6.54 Å². The Morgan fingerprint density at radius 1 is 1.29 bits per heavy atom. The lowest BCUT2D eigenvalue weighted by Gasteiger charge is -2.35. The van der Waals surface area contributed by atoms with Crippen LogP contribution in [0.2, 0.25) is 0 Å². The summed E-state index contributed by atoms with van der Waals surface area (Å²) in [5.41, 5.74) is 2.86. The first-order chi connectivity index (χ1) is 13.5. The van der Waals surface area contributed by atoms with Crippen molar-refractivity contribution in [2.75, 3.05) is 19.8 Å². The lowest BCUT2D eigenvalue weighted by Crippen LogP contribution is -2.49. The molecule has 2 amide bonds. The molecule has 0 unspecified atom stereocenters. The zero-order chi connectivity index (χ0) is 20.1. The molecule has 148 valence electrons. The van der Waals surface area contributed by atoms with Crippen LogP contribution in [0.15, 0.2) is 52.4 Å². The van der Waals surface area contributed by atoms with Gasteiger partial charge < -0.3 is 14.8 Å². The van der Waals surface area contributed by atoms with Crippen LogP contribution in [0.4, 0.5) is 4.79 Å². The normalized spacial score (nSPS) is 16.8. The second-order valence-corrected chi connectivity index (χ2v) is 7.15. The summed E-state index contributed by atoms with van der Waals surface area (Å²) in [6.45, 7) is 6.37. The first-order valence-corrected chi connectivity index (χ1v) is 10.2. The van der Waals surface area contributed by atoms with E-state index in [1.165, 1.54) is 16.2 Å². The number of ether oxygens (including phenoxy) is 2. The molecule has 0 spiro atoms. The number of aryl methyl sites for hydroxylation is 1. The second kappa shape index (κ2) is 8.93. The molecule has 28 heavy (non-hydrogen) atoms. The molecule has 0 radical (unpaired) electrons. The van der Waals surface area contributed by atoms with E-state index in [1.54, 1.807) is 6.92 Å². The van der Waals surface area contributed by atoms with Crippen LogP contribution in [0.5, 0.6) is 5.75 Å². The Bertz CT molecular complexity index is 876. The predicted octanol–water partition coefficient (Wildman–Crippen LogP) is 4.04. The summed E-state index contributed by atoms with van der Waals surface area (Å²) in [6.07, 6.45) is 0. The molecular formula is C21H24N2O4S. The van der Waals surface area contributed by atoms with Crippen molar-refractivity contribution >= 4 is 23.3 Å². The van der Waals surface area contributed by atoms with E-state index in [1.807, 2.05) is 54.9 Å². The van der Waals surface area contributed by atoms with E-state index >= 15 is 0 Å². The van der Waals surface area contributed by atoms with Crippen molar-refractivity contribution in [3.63, 3.8) is 0 Å². The van der Waals surface area contributed by atoms with Crippen LogP contribution in [0, 0.1) is 6.92 Å². The molecule has 6 nitrogen and oxygen atoms in total. The van der Waals surface area contributed by atoms with Crippen LogP contribution in [0.3, 0.4) is 0 Å². The Kier molecular flexibility index (Phi) is 6.36. The number of carbonyl (C=O) groups excluding carboxylic acids is 2. The van der Waals surface area contributed by atoms with E-state index in [9.17, 15) is 9.59 Å². The van der Waals surface area contributed by atoms with Crippen molar-refractivity contribution in [1.29, 1.82) is 0 Å². The molecule has 1 N–H and O–H groups in total.